The second-order valence-corrected chi connectivity index (χ2v) is 4.52. The Morgan fingerprint density at radius 2 is 1.94 bits per heavy atom. The molecular weight excluding hydrogens is 228 g/mol. The Balaban J connectivity index is 2.01. The Bertz CT molecular complexity index is 517. The molecule has 0 radical (unpaired) electrons. The van der Waals surface area contributed by atoms with Gasteiger partial charge in [-0.1, -0.05) is 0 Å². The number of rotatable bonds is 2. The third-order valence-electron chi connectivity index (χ3n) is 3.42. The van der Waals surface area contributed by atoms with Crippen LogP contribution in [0.5, 0.6) is 0 Å². The van der Waals surface area contributed by atoms with Gasteiger partial charge in [-0.15, -0.1) is 0 Å². The second-order valence-electron chi connectivity index (χ2n) is 4.52. The van der Waals surface area contributed by atoms with E-state index < -0.39 is 0 Å². The van der Waals surface area contributed by atoms with Gasteiger partial charge in [-0.2, -0.15) is 5.10 Å². The quantitative estimate of drug-likeness (QED) is 0.846. The fraction of sp³-hybridized carbons (Fsp3) is 0.385. The van der Waals surface area contributed by atoms with Gasteiger partial charge >= 0.3 is 0 Å². The molecular formula is C13H16N4O. The normalized spacial score (nSPS) is 16.9. The number of ether oxygens (including phenoxy) is 1. The highest BCUT2D eigenvalue weighted by atomic mass is 16.5. The highest BCUT2D eigenvalue weighted by molar-refractivity contribution is 5.76. The molecule has 0 aliphatic carbocycles. The SMILES string of the molecule is Nc1n[nH]c(C2CCOCC2)c1-c1ccncc1. The first-order valence-corrected chi connectivity index (χ1v) is 6.18. The predicted molar refractivity (Wildman–Crippen MR) is 69.0 cm³/mol. The molecule has 2 aromatic heterocycles. The first-order chi connectivity index (χ1) is 8.86. The van der Waals surface area contributed by atoms with Crippen LogP contribution in [0.1, 0.15) is 24.5 Å². The summed E-state index contributed by atoms with van der Waals surface area (Å²) in [5, 5.41) is 7.25. The fourth-order valence-corrected chi connectivity index (χ4v) is 2.47. The number of aromatic amines is 1. The molecule has 0 atom stereocenters. The van der Waals surface area contributed by atoms with Gasteiger partial charge in [0, 0.05) is 42.8 Å². The summed E-state index contributed by atoms with van der Waals surface area (Å²) in [5.41, 5.74) is 9.20. The largest absolute Gasteiger partial charge is 0.382 e. The first kappa shape index (κ1) is 11.2. The minimum atomic E-state index is 0.451. The molecule has 1 aliphatic rings. The summed E-state index contributed by atoms with van der Waals surface area (Å²) in [6, 6.07) is 3.92. The number of hydrogen-bond donors (Lipinski definition) is 2. The average molecular weight is 244 g/mol. The Hall–Kier alpha value is -1.88. The molecule has 94 valence electrons. The maximum Gasteiger partial charge on any atom is 0.153 e. The summed E-state index contributed by atoms with van der Waals surface area (Å²) in [5.74, 6) is 1.01. The number of nitrogens with two attached hydrogens (primary N) is 1. The molecule has 1 aliphatic heterocycles. The van der Waals surface area contributed by atoms with Gasteiger partial charge in [0.1, 0.15) is 0 Å². The molecule has 0 unspecified atom stereocenters. The molecule has 0 amide bonds. The van der Waals surface area contributed by atoms with Crippen molar-refractivity contribution in [3.05, 3.63) is 30.2 Å². The second kappa shape index (κ2) is 4.78. The van der Waals surface area contributed by atoms with Crippen LogP contribution < -0.4 is 5.73 Å². The maximum atomic E-state index is 5.99. The molecule has 2 aromatic rings. The first-order valence-electron chi connectivity index (χ1n) is 6.18. The number of nitrogens with one attached hydrogen (secondary N) is 1. The number of pyridine rings is 1. The van der Waals surface area contributed by atoms with Crippen LogP contribution in [0.25, 0.3) is 11.1 Å². The Kier molecular flexibility index (Phi) is 2.98. The molecule has 5 nitrogen and oxygen atoms in total. The Morgan fingerprint density at radius 3 is 2.67 bits per heavy atom. The van der Waals surface area contributed by atoms with E-state index in [1.54, 1.807) is 12.4 Å². The lowest BCUT2D eigenvalue weighted by Gasteiger charge is -2.22. The van der Waals surface area contributed by atoms with Crippen molar-refractivity contribution in [2.24, 2.45) is 0 Å². The van der Waals surface area contributed by atoms with E-state index in [1.807, 2.05) is 12.1 Å². The summed E-state index contributed by atoms with van der Waals surface area (Å²) in [4.78, 5) is 4.04. The van der Waals surface area contributed by atoms with E-state index in [0.29, 0.717) is 11.7 Å². The third kappa shape index (κ3) is 1.97. The van der Waals surface area contributed by atoms with Crippen LogP contribution in [-0.2, 0) is 4.74 Å². The highest BCUT2D eigenvalue weighted by Crippen LogP contribution is 2.36. The minimum Gasteiger partial charge on any atom is -0.382 e. The van der Waals surface area contributed by atoms with Crippen LogP contribution in [0.15, 0.2) is 24.5 Å². The van der Waals surface area contributed by atoms with Crippen molar-refractivity contribution >= 4 is 5.82 Å². The van der Waals surface area contributed by atoms with E-state index in [-0.39, 0.29) is 0 Å². The van der Waals surface area contributed by atoms with Crippen molar-refractivity contribution in [2.75, 3.05) is 18.9 Å². The summed E-state index contributed by atoms with van der Waals surface area (Å²) in [6.07, 6.45) is 5.57. The maximum absolute atomic E-state index is 5.99. The van der Waals surface area contributed by atoms with Crippen LogP contribution in [0.4, 0.5) is 5.82 Å². The van der Waals surface area contributed by atoms with Gasteiger partial charge in [0.25, 0.3) is 0 Å². The van der Waals surface area contributed by atoms with E-state index in [2.05, 4.69) is 15.2 Å². The van der Waals surface area contributed by atoms with E-state index in [1.165, 1.54) is 0 Å². The van der Waals surface area contributed by atoms with Crippen molar-refractivity contribution in [3.8, 4) is 11.1 Å². The Labute approximate surface area is 105 Å². The van der Waals surface area contributed by atoms with Gasteiger partial charge in [0.15, 0.2) is 5.82 Å². The topological polar surface area (TPSA) is 76.8 Å². The molecule has 0 saturated carbocycles. The molecule has 5 heteroatoms. The monoisotopic (exact) mass is 244 g/mol. The number of nitrogens with zero attached hydrogens (tertiary/aromatic N) is 2. The highest BCUT2D eigenvalue weighted by Gasteiger charge is 2.23. The van der Waals surface area contributed by atoms with Crippen molar-refractivity contribution < 1.29 is 4.74 Å². The van der Waals surface area contributed by atoms with Crippen LogP contribution in [0.3, 0.4) is 0 Å². The lowest BCUT2D eigenvalue weighted by Crippen LogP contribution is -2.15. The summed E-state index contributed by atoms with van der Waals surface area (Å²) in [6.45, 7) is 1.61. The number of hydrogen-bond acceptors (Lipinski definition) is 4. The zero-order chi connectivity index (χ0) is 12.4. The van der Waals surface area contributed by atoms with Gasteiger partial charge in [-0.25, -0.2) is 0 Å². The van der Waals surface area contributed by atoms with Gasteiger partial charge in [0.2, 0.25) is 0 Å². The van der Waals surface area contributed by atoms with Crippen molar-refractivity contribution in [1.82, 2.24) is 15.2 Å². The van der Waals surface area contributed by atoms with E-state index in [9.17, 15) is 0 Å². The predicted octanol–water partition coefficient (Wildman–Crippen LogP) is 1.95. The fourth-order valence-electron chi connectivity index (χ4n) is 2.47. The third-order valence-corrected chi connectivity index (χ3v) is 3.42. The van der Waals surface area contributed by atoms with Gasteiger partial charge < -0.3 is 10.5 Å². The molecule has 0 aromatic carbocycles. The summed E-state index contributed by atoms with van der Waals surface area (Å²) >= 11 is 0. The lowest BCUT2D eigenvalue weighted by atomic mass is 9.91. The van der Waals surface area contributed by atoms with Gasteiger partial charge in [-0.05, 0) is 30.5 Å². The average Bonchev–Trinajstić information content (AvgIpc) is 2.83. The minimum absolute atomic E-state index is 0.451. The zero-order valence-electron chi connectivity index (χ0n) is 10.1. The van der Waals surface area contributed by atoms with Crippen molar-refractivity contribution in [3.63, 3.8) is 0 Å². The van der Waals surface area contributed by atoms with Crippen LogP contribution in [0, 0.1) is 0 Å². The standard InChI is InChI=1S/C13H16N4O/c14-13-11(9-1-5-15-6-2-9)12(16-17-13)10-3-7-18-8-4-10/h1-2,5-6,10H,3-4,7-8H2,(H3,14,16,17). The van der Waals surface area contributed by atoms with Crippen molar-refractivity contribution in [1.29, 1.82) is 0 Å². The number of H-pyrrole nitrogens is 1. The Morgan fingerprint density at radius 1 is 1.22 bits per heavy atom. The van der Waals surface area contributed by atoms with Crippen LogP contribution in [-0.4, -0.2) is 28.4 Å². The van der Waals surface area contributed by atoms with Crippen LogP contribution in [0.2, 0.25) is 0 Å². The van der Waals surface area contributed by atoms with Gasteiger partial charge in [-0.3, -0.25) is 10.1 Å². The number of aromatic nitrogens is 3. The molecule has 3 rings (SSSR count). The molecule has 1 fully saturated rings. The molecule has 0 bridgehead atoms. The van der Waals surface area contributed by atoms with Crippen LogP contribution >= 0.6 is 0 Å². The zero-order valence-corrected chi connectivity index (χ0v) is 10.1. The molecule has 0 spiro atoms. The van der Waals surface area contributed by atoms with Gasteiger partial charge in [0.05, 0.1) is 0 Å². The summed E-state index contributed by atoms with van der Waals surface area (Å²) in [7, 11) is 0. The summed E-state index contributed by atoms with van der Waals surface area (Å²) < 4.78 is 5.40. The molecule has 3 N–H and O–H groups in total. The van der Waals surface area contributed by atoms with E-state index >= 15 is 0 Å². The smallest absolute Gasteiger partial charge is 0.153 e. The number of anilines is 1. The number of nitrogen functional groups attached to an aromatic ring is 1. The molecule has 18 heavy (non-hydrogen) atoms. The molecule has 3 heterocycles. The van der Waals surface area contributed by atoms with E-state index in [0.717, 1.165) is 42.9 Å². The van der Waals surface area contributed by atoms with E-state index in [4.69, 9.17) is 10.5 Å². The lowest BCUT2D eigenvalue weighted by molar-refractivity contribution is 0.0846. The van der Waals surface area contributed by atoms with Crippen molar-refractivity contribution in [2.45, 2.75) is 18.8 Å². The molecule has 1 saturated heterocycles.